The lowest BCUT2D eigenvalue weighted by Crippen LogP contribution is -2.30. The highest BCUT2D eigenvalue weighted by Crippen LogP contribution is 2.23. The first-order valence-corrected chi connectivity index (χ1v) is 8.07. The molecule has 4 nitrogen and oxygen atoms in total. The lowest BCUT2D eigenvalue weighted by atomic mass is 10.1. The molecule has 108 valence electrons. The van der Waals surface area contributed by atoms with Gasteiger partial charge in [0, 0.05) is 6.54 Å². The van der Waals surface area contributed by atoms with Gasteiger partial charge in [-0.15, -0.1) is 0 Å². The van der Waals surface area contributed by atoms with Gasteiger partial charge in [0.25, 0.3) is 10.0 Å². The van der Waals surface area contributed by atoms with Crippen LogP contribution < -0.4 is 4.31 Å². The molecule has 0 unspecified atom stereocenters. The van der Waals surface area contributed by atoms with E-state index in [-0.39, 0.29) is 4.90 Å². The molecule has 0 atom stereocenters. The van der Waals surface area contributed by atoms with Gasteiger partial charge in [0.15, 0.2) is 0 Å². The average Bonchev–Trinajstić information content (AvgIpc) is 2.51. The maximum atomic E-state index is 12.6. The minimum atomic E-state index is -3.56. The molecule has 2 rings (SSSR count). The van der Waals surface area contributed by atoms with E-state index in [1.165, 1.54) is 4.31 Å². The van der Waals surface area contributed by atoms with Crippen molar-refractivity contribution in [1.82, 2.24) is 0 Å². The lowest BCUT2D eigenvalue weighted by molar-refractivity contribution is 0.592. The fraction of sp³-hybridized carbons (Fsp3) is 0.188. The molecule has 2 aromatic rings. The van der Waals surface area contributed by atoms with Crippen molar-refractivity contribution >= 4 is 15.7 Å². The van der Waals surface area contributed by atoms with Gasteiger partial charge in [-0.25, -0.2) is 8.42 Å². The third kappa shape index (κ3) is 3.23. The summed E-state index contributed by atoms with van der Waals surface area (Å²) < 4.78 is 26.7. The molecule has 0 N–H and O–H groups in total. The van der Waals surface area contributed by atoms with Crippen molar-refractivity contribution in [1.29, 1.82) is 5.26 Å². The van der Waals surface area contributed by atoms with E-state index in [2.05, 4.69) is 6.07 Å². The van der Waals surface area contributed by atoms with Gasteiger partial charge in [-0.3, -0.25) is 4.31 Å². The van der Waals surface area contributed by atoms with Crippen LogP contribution in [0.1, 0.15) is 12.5 Å². The van der Waals surface area contributed by atoms with E-state index in [1.807, 2.05) is 0 Å². The molecule has 0 saturated heterocycles. The van der Waals surface area contributed by atoms with Gasteiger partial charge < -0.3 is 0 Å². The van der Waals surface area contributed by atoms with E-state index in [1.54, 1.807) is 61.5 Å². The fourth-order valence-corrected chi connectivity index (χ4v) is 3.58. The van der Waals surface area contributed by atoms with Gasteiger partial charge in [-0.05, 0) is 36.8 Å². The van der Waals surface area contributed by atoms with E-state index < -0.39 is 10.0 Å². The van der Waals surface area contributed by atoms with E-state index in [0.29, 0.717) is 18.7 Å². The van der Waals surface area contributed by atoms with E-state index in [0.717, 1.165) is 5.56 Å². The Morgan fingerprint density at radius 1 is 1.05 bits per heavy atom. The van der Waals surface area contributed by atoms with Gasteiger partial charge in [-0.1, -0.05) is 30.3 Å². The van der Waals surface area contributed by atoms with Crippen LogP contribution in [0.5, 0.6) is 0 Å². The molecule has 0 aromatic heterocycles. The topological polar surface area (TPSA) is 61.2 Å². The number of rotatable bonds is 5. The Hall–Kier alpha value is -2.32. The van der Waals surface area contributed by atoms with Crippen LogP contribution in [0.4, 0.5) is 5.69 Å². The standard InChI is InChI=1S/C16H16N2O2S/c1-2-18(15-10-8-14(9-11-15)12-13-17)21(19,20)16-6-4-3-5-7-16/h3-11H,2,12H2,1H3. The molecule has 0 radical (unpaired) electrons. The molecule has 21 heavy (non-hydrogen) atoms. The highest BCUT2D eigenvalue weighted by Gasteiger charge is 2.22. The molecule has 0 amide bonds. The summed E-state index contributed by atoms with van der Waals surface area (Å²) in [6.07, 6.45) is 0.317. The minimum Gasteiger partial charge on any atom is -0.267 e. The van der Waals surface area contributed by atoms with Crippen LogP contribution in [-0.4, -0.2) is 15.0 Å². The van der Waals surface area contributed by atoms with Gasteiger partial charge in [-0.2, -0.15) is 5.26 Å². The van der Waals surface area contributed by atoms with Crippen LogP contribution in [0, 0.1) is 11.3 Å². The second kappa shape index (κ2) is 6.42. The SMILES string of the molecule is CCN(c1ccc(CC#N)cc1)S(=O)(=O)c1ccccc1. The summed E-state index contributed by atoms with van der Waals surface area (Å²) in [7, 11) is -3.56. The van der Waals surface area contributed by atoms with Crippen molar-refractivity contribution in [2.24, 2.45) is 0 Å². The predicted molar refractivity (Wildman–Crippen MR) is 82.4 cm³/mol. The largest absolute Gasteiger partial charge is 0.267 e. The normalized spacial score (nSPS) is 10.9. The first-order valence-electron chi connectivity index (χ1n) is 6.63. The Kier molecular flexibility index (Phi) is 4.61. The Balaban J connectivity index is 2.38. The summed E-state index contributed by atoms with van der Waals surface area (Å²) in [6.45, 7) is 2.14. The van der Waals surface area contributed by atoms with Crippen molar-refractivity contribution in [3.8, 4) is 6.07 Å². The van der Waals surface area contributed by atoms with Crippen LogP contribution in [0.3, 0.4) is 0 Å². The molecule has 0 fully saturated rings. The number of anilines is 1. The van der Waals surface area contributed by atoms with Crippen LogP contribution in [0.25, 0.3) is 0 Å². The van der Waals surface area contributed by atoms with E-state index >= 15 is 0 Å². The number of hydrogen-bond donors (Lipinski definition) is 0. The smallest absolute Gasteiger partial charge is 0.264 e. The van der Waals surface area contributed by atoms with Gasteiger partial charge in [0.2, 0.25) is 0 Å². The zero-order valence-electron chi connectivity index (χ0n) is 11.7. The molecule has 0 spiro atoms. The zero-order valence-corrected chi connectivity index (χ0v) is 12.5. The van der Waals surface area contributed by atoms with Crippen molar-refractivity contribution in [2.75, 3.05) is 10.8 Å². The average molecular weight is 300 g/mol. The monoisotopic (exact) mass is 300 g/mol. The zero-order chi connectivity index (χ0) is 15.3. The second-order valence-electron chi connectivity index (χ2n) is 4.48. The predicted octanol–water partition coefficient (Wildman–Crippen LogP) is 2.97. The van der Waals surface area contributed by atoms with Crippen LogP contribution in [-0.2, 0) is 16.4 Å². The quantitative estimate of drug-likeness (QED) is 0.853. The second-order valence-corrected chi connectivity index (χ2v) is 6.35. The summed E-state index contributed by atoms with van der Waals surface area (Å²) in [4.78, 5) is 0.271. The minimum absolute atomic E-state index is 0.271. The summed E-state index contributed by atoms with van der Waals surface area (Å²) in [6, 6.07) is 17.5. The highest BCUT2D eigenvalue weighted by atomic mass is 32.2. The van der Waals surface area contributed by atoms with Crippen LogP contribution >= 0.6 is 0 Å². The summed E-state index contributed by atoms with van der Waals surface area (Å²) in [5.41, 5.74) is 1.47. The van der Waals surface area contributed by atoms with Crippen LogP contribution in [0.15, 0.2) is 59.5 Å². The summed E-state index contributed by atoms with van der Waals surface area (Å²) >= 11 is 0. The van der Waals surface area contributed by atoms with Crippen molar-refractivity contribution in [2.45, 2.75) is 18.2 Å². The molecule has 0 bridgehead atoms. The van der Waals surface area contributed by atoms with Gasteiger partial charge >= 0.3 is 0 Å². The number of nitrogens with zero attached hydrogens (tertiary/aromatic N) is 2. The molecule has 0 heterocycles. The Bertz CT molecular complexity index is 732. The van der Waals surface area contributed by atoms with Crippen LogP contribution in [0.2, 0.25) is 0 Å². The van der Waals surface area contributed by atoms with Crippen molar-refractivity contribution < 1.29 is 8.42 Å². The highest BCUT2D eigenvalue weighted by molar-refractivity contribution is 7.92. The third-order valence-electron chi connectivity index (χ3n) is 3.13. The molecule has 2 aromatic carbocycles. The van der Waals surface area contributed by atoms with Gasteiger partial charge in [0.05, 0.1) is 23.1 Å². The number of hydrogen-bond acceptors (Lipinski definition) is 3. The fourth-order valence-electron chi connectivity index (χ4n) is 2.08. The number of sulfonamides is 1. The Morgan fingerprint density at radius 2 is 1.67 bits per heavy atom. The van der Waals surface area contributed by atoms with E-state index in [9.17, 15) is 8.42 Å². The molecular formula is C16H16N2O2S. The Morgan fingerprint density at radius 3 is 2.19 bits per heavy atom. The lowest BCUT2D eigenvalue weighted by Gasteiger charge is -2.23. The molecule has 0 saturated carbocycles. The maximum Gasteiger partial charge on any atom is 0.264 e. The first-order chi connectivity index (χ1) is 10.1. The summed E-state index contributed by atoms with van der Waals surface area (Å²) in [5.74, 6) is 0. The maximum absolute atomic E-state index is 12.6. The first kappa shape index (κ1) is 15.1. The molecular weight excluding hydrogens is 284 g/mol. The van der Waals surface area contributed by atoms with Crippen molar-refractivity contribution in [3.05, 3.63) is 60.2 Å². The molecule has 0 aliphatic heterocycles. The third-order valence-corrected chi connectivity index (χ3v) is 5.04. The molecule has 0 aliphatic rings. The summed E-state index contributed by atoms with van der Waals surface area (Å²) in [5, 5.41) is 8.67. The van der Waals surface area contributed by atoms with E-state index in [4.69, 9.17) is 5.26 Å². The molecule has 5 heteroatoms. The van der Waals surface area contributed by atoms with Crippen molar-refractivity contribution in [3.63, 3.8) is 0 Å². The van der Waals surface area contributed by atoms with Gasteiger partial charge in [0.1, 0.15) is 0 Å². The Labute approximate surface area is 125 Å². The molecule has 0 aliphatic carbocycles. The number of nitriles is 1. The number of benzene rings is 2.